The first-order valence-corrected chi connectivity index (χ1v) is 12.8. The van der Waals surface area contributed by atoms with Crippen LogP contribution in [0.3, 0.4) is 0 Å². The van der Waals surface area contributed by atoms with Crippen LogP contribution in [0.1, 0.15) is 95.0 Å². The summed E-state index contributed by atoms with van der Waals surface area (Å²) in [4.78, 5) is 12.7. The van der Waals surface area contributed by atoms with Gasteiger partial charge in [0.05, 0.1) is 22.5 Å². The van der Waals surface area contributed by atoms with Gasteiger partial charge in [0.25, 0.3) is 10.0 Å². The van der Waals surface area contributed by atoms with Gasteiger partial charge in [-0.25, -0.2) is 17.5 Å². The molecule has 0 atom stereocenters. The molecular weight excluding hydrogens is 457 g/mol. The lowest BCUT2D eigenvalue weighted by atomic mass is 9.87. The molecule has 1 amide bonds. The van der Waals surface area contributed by atoms with Gasteiger partial charge in [0.15, 0.2) is 0 Å². The van der Waals surface area contributed by atoms with Crippen LogP contribution in [0.5, 0.6) is 0 Å². The number of sulfonamides is 1. The normalized spacial score (nSPS) is 13.0. The number of halogens is 1. The Labute approximate surface area is 202 Å². The molecule has 0 aliphatic carbocycles. The van der Waals surface area contributed by atoms with Gasteiger partial charge in [-0.05, 0) is 91.6 Å². The average molecular weight is 494 g/mol. The van der Waals surface area contributed by atoms with Crippen molar-refractivity contribution >= 4 is 15.9 Å². The summed E-state index contributed by atoms with van der Waals surface area (Å²) < 4.78 is 42.5. The van der Waals surface area contributed by atoms with E-state index in [0.29, 0.717) is 16.7 Å². The van der Waals surface area contributed by atoms with E-state index >= 15 is 0 Å². The lowest BCUT2D eigenvalue weighted by Crippen LogP contribution is -2.33. The van der Waals surface area contributed by atoms with Crippen molar-refractivity contribution in [2.75, 3.05) is 0 Å². The maximum atomic E-state index is 14.2. The summed E-state index contributed by atoms with van der Waals surface area (Å²) in [7, 11) is -4.32. The molecule has 3 N–H and O–H groups in total. The molecule has 0 radical (unpaired) electrons. The van der Waals surface area contributed by atoms with Gasteiger partial charge in [-0.3, -0.25) is 4.79 Å². The van der Waals surface area contributed by atoms with E-state index in [0.717, 1.165) is 0 Å². The fraction of sp³-hybridized carbons (Fsp3) is 0.500. The number of aliphatic hydroxyl groups is 2. The molecule has 2 aromatic carbocycles. The van der Waals surface area contributed by atoms with Gasteiger partial charge in [-0.2, -0.15) is 0 Å². The summed E-state index contributed by atoms with van der Waals surface area (Å²) in [5.41, 5.74) is -0.259. The molecule has 8 heteroatoms. The second kappa shape index (κ2) is 9.76. The minimum Gasteiger partial charge on any atom is -0.386 e. The van der Waals surface area contributed by atoms with Crippen molar-refractivity contribution in [2.45, 2.75) is 89.7 Å². The minimum absolute atomic E-state index is 0.0644. The van der Waals surface area contributed by atoms with Crippen molar-refractivity contribution in [3.8, 4) is 0 Å². The van der Waals surface area contributed by atoms with Crippen molar-refractivity contribution in [1.29, 1.82) is 0 Å². The summed E-state index contributed by atoms with van der Waals surface area (Å²) in [5.74, 6) is -1.28. The van der Waals surface area contributed by atoms with Crippen molar-refractivity contribution in [1.82, 2.24) is 4.72 Å². The second-order valence-electron chi connectivity index (χ2n) is 10.4. The number of hydrogen-bond acceptors (Lipinski definition) is 5. The van der Waals surface area contributed by atoms with Crippen molar-refractivity contribution in [3.63, 3.8) is 0 Å². The highest BCUT2D eigenvalue weighted by molar-refractivity contribution is 7.90. The third kappa shape index (κ3) is 6.64. The van der Waals surface area contributed by atoms with Crippen molar-refractivity contribution in [2.24, 2.45) is 0 Å². The van der Waals surface area contributed by atoms with E-state index in [9.17, 15) is 27.8 Å². The molecule has 0 saturated carbocycles. The molecule has 0 unspecified atom stereocenters. The van der Waals surface area contributed by atoms with Crippen LogP contribution >= 0.6 is 0 Å². The monoisotopic (exact) mass is 493 g/mol. The van der Waals surface area contributed by atoms with Crippen LogP contribution in [0.4, 0.5) is 4.39 Å². The molecule has 0 heterocycles. The van der Waals surface area contributed by atoms with E-state index in [2.05, 4.69) is 4.72 Å². The number of rotatable bonds is 8. The molecule has 0 fully saturated rings. The van der Waals surface area contributed by atoms with Crippen LogP contribution in [0.25, 0.3) is 0 Å². The SMILES string of the molecule is CC(C)c1cc(F)cc(C(C)C)c1CC(=O)NS(=O)(=O)c1cc(C(C)(C)O)cc(C(C)(C)O)c1. The van der Waals surface area contributed by atoms with Crippen LogP contribution in [0.15, 0.2) is 35.2 Å². The van der Waals surface area contributed by atoms with E-state index in [-0.39, 0.29) is 34.3 Å². The predicted octanol–water partition coefficient (Wildman–Crippen LogP) is 4.57. The van der Waals surface area contributed by atoms with E-state index < -0.39 is 32.9 Å². The van der Waals surface area contributed by atoms with Crippen LogP contribution in [-0.2, 0) is 32.4 Å². The molecule has 34 heavy (non-hydrogen) atoms. The van der Waals surface area contributed by atoms with Crippen molar-refractivity contribution < 1.29 is 27.8 Å². The largest absolute Gasteiger partial charge is 0.386 e. The van der Waals surface area contributed by atoms with Gasteiger partial charge >= 0.3 is 0 Å². The third-order valence-electron chi connectivity index (χ3n) is 5.74. The first-order valence-electron chi connectivity index (χ1n) is 11.3. The molecule has 2 rings (SSSR count). The first-order chi connectivity index (χ1) is 15.3. The summed E-state index contributed by atoms with van der Waals surface area (Å²) in [6.45, 7) is 13.5. The van der Waals surface area contributed by atoms with Gasteiger partial charge < -0.3 is 10.2 Å². The van der Waals surface area contributed by atoms with Crippen molar-refractivity contribution in [3.05, 3.63) is 64.0 Å². The van der Waals surface area contributed by atoms with E-state index in [1.165, 1.54) is 58.0 Å². The Hall–Kier alpha value is -2.29. The quantitative estimate of drug-likeness (QED) is 0.500. The Morgan fingerprint density at radius 3 is 1.65 bits per heavy atom. The lowest BCUT2D eigenvalue weighted by molar-refractivity contribution is -0.118. The molecule has 2 aromatic rings. The lowest BCUT2D eigenvalue weighted by Gasteiger charge is -2.24. The van der Waals surface area contributed by atoms with Crippen LogP contribution < -0.4 is 4.72 Å². The van der Waals surface area contributed by atoms with Gasteiger partial charge in [-0.1, -0.05) is 33.8 Å². The van der Waals surface area contributed by atoms with Crippen LogP contribution in [0, 0.1) is 5.82 Å². The molecule has 188 valence electrons. The number of carbonyl (C=O) groups excluding carboxylic acids is 1. The molecule has 0 bridgehead atoms. The first kappa shape index (κ1) is 28.0. The zero-order valence-corrected chi connectivity index (χ0v) is 22.0. The second-order valence-corrected chi connectivity index (χ2v) is 12.1. The Morgan fingerprint density at radius 2 is 1.29 bits per heavy atom. The maximum absolute atomic E-state index is 14.2. The Kier molecular flexibility index (Phi) is 8.02. The Morgan fingerprint density at radius 1 is 0.882 bits per heavy atom. The standard InChI is InChI=1S/C26H36FNO5S/c1-15(2)21-12-19(27)13-22(16(3)4)23(21)14-24(29)28-34(32,33)20-10-17(25(5,6)30)9-18(11-20)26(7,8)31/h9-13,15-16,30-31H,14H2,1-8H3,(H,28,29). The smallest absolute Gasteiger partial charge is 0.264 e. The number of amides is 1. The topological polar surface area (TPSA) is 104 Å². The third-order valence-corrected chi connectivity index (χ3v) is 7.10. The number of carbonyl (C=O) groups is 1. The fourth-order valence-corrected chi connectivity index (χ4v) is 4.83. The van der Waals surface area contributed by atoms with Gasteiger partial charge in [-0.15, -0.1) is 0 Å². The Balaban J connectivity index is 2.49. The average Bonchev–Trinajstić information content (AvgIpc) is 2.66. The molecule has 0 aliphatic rings. The zero-order valence-electron chi connectivity index (χ0n) is 21.2. The van der Waals surface area contributed by atoms with Gasteiger partial charge in [0, 0.05) is 0 Å². The predicted molar refractivity (Wildman–Crippen MR) is 131 cm³/mol. The van der Waals surface area contributed by atoms with E-state index in [1.54, 1.807) is 0 Å². The van der Waals surface area contributed by atoms with Crippen LogP contribution in [0.2, 0.25) is 0 Å². The van der Waals surface area contributed by atoms with Gasteiger partial charge in [0.2, 0.25) is 5.91 Å². The molecular formula is C26H36FNO5S. The van der Waals surface area contributed by atoms with Gasteiger partial charge in [0.1, 0.15) is 5.82 Å². The highest BCUT2D eigenvalue weighted by atomic mass is 32.2. The summed E-state index contributed by atoms with van der Waals surface area (Å²) in [6, 6.07) is 6.86. The molecule has 0 saturated heterocycles. The zero-order chi connectivity index (χ0) is 26.2. The van der Waals surface area contributed by atoms with E-state index in [1.807, 2.05) is 27.7 Å². The van der Waals surface area contributed by atoms with Crippen LogP contribution in [-0.4, -0.2) is 24.5 Å². The molecule has 0 spiro atoms. The maximum Gasteiger partial charge on any atom is 0.264 e. The highest BCUT2D eigenvalue weighted by Gasteiger charge is 2.28. The Bertz CT molecular complexity index is 1110. The highest BCUT2D eigenvalue weighted by Crippen LogP contribution is 2.31. The molecule has 6 nitrogen and oxygen atoms in total. The summed E-state index contributed by atoms with van der Waals surface area (Å²) >= 11 is 0. The fourth-order valence-electron chi connectivity index (χ4n) is 3.78. The minimum atomic E-state index is -4.32. The summed E-state index contributed by atoms with van der Waals surface area (Å²) in [6.07, 6.45) is -0.232. The van der Waals surface area contributed by atoms with E-state index in [4.69, 9.17) is 0 Å². The number of benzene rings is 2. The molecule has 0 aromatic heterocycles. The number of nitrogens with one attached hydrogen (secondary N) is 1. The summed E-state index contributed by atoms with van der Waals surface area (Å²) in [5, 5.41) is 20.9. The molecule has 0 aliphatic heterocycles. The number of hydrogen-bond donors (Lipinski definition) is 3.